The molecule has 0 saturated carbocycles. The molecule has 5 nitrogen and oxygen atoms in total. The Labute approximate surface area is 95.9 Å². The van der Waals surface area contributed by atoms with Crippen molar-refractivity contribution in [2.45, 2.75) is 20.0 Å². The van der Waals surface area contributed by atoms with Gasteiger partial charge in [0.25, 0.3) is 0 Å². The molecule has 0 saturated heterocycles. The highest BCUT2D eigenvalue weighted by atomic mass is 32.2. The first-order valence-corrected chi connectivity index (χ1v) is 6.75. The Bertz CT molecular complexity index is 405. The zero-order chi connectivity index (χ0) is 12.0. The second-order valence-electron chi connectivity index (χ2n) is 3.30. The number of hydrogen-bond donors (Lipinski definition) is 1. The molecule has 6 heteroatoms. The third-order valence-electron chi connectivity index (χ3n) is 1.76. The molecule has 0 aliphatic rings. The molecule has 0 amide bonds. The van der Waals surface area contributed by atoms with Crippen LogP contribution in [0.15, 0.2) is 24.5 Å². The van der Waals surface area contributed by atoms with Crippen molar-refractivity contribution in [2.24, 2.45) is 0 Å². The van der Waals surface area contributed by atoms with E-state index in [4.69, 9.17) is 4.74 Å². The average Bonchev–Trinajstić information content (AvgIpc) is 2.24. The van der Waals surface area contributed by atoms with Gasteiger partial charge >= 0.3 is 0 Å². The van der Waals surface area contributed by atoms with Crippen molar-refractivity contribution in [3.63, 3.8) is 0 Å². The van der Waals surface area contributed by atoms with Gasteiger partial charge in [-0.1, -0.05) is 13.0 Å². The van der Waals surface area contributed by atoms with Crippen LogP contribution in [-0.2, 0) is 21.4 Å². The minimum atomic E-state index is -3.27. The van der Waals surface area contributed by atoms with E-state index in [1.165, 1.54) is 0 Å². The summed E-state index contributed by atoms with van der Waals surface area (Å²) in [5.74, 6) is 0. The maximum absolute atomic E-state index is 11.0. The summed E-state index contributed by atoms with van der Waals surface area (Å²) in [6, 6.07) is 3.66. The lowest BCUT2D eigenvalue weighted by Crippen LogP contribution is -2.28. The Morgan fingerprint density at radius 2 is 2.31 bits per heavy atom. The number of pyridine rings is 1. The summed E-state index contributed by atoms with van der Waals surface area (Å²) >= 11 is 0. The summed E-state index contributed by atoms with van der Waals surface area (Å²) < 4.78 is 29.6. The van der Waals surface area contributed by atoms with Gasteiger partial charge in [-0.3, -0.25) is 4.98 Å². The third kappa shape index (κ3) is 5.20. The summed E-state index contributed by atoms with van der Waals surface area (Å²) in [6.07, 6.45) is 5.27. The van der Waals surface area contributed by atoms with Gasteiger partial charge in [0.15, 0.2) is 6.23 Å². The molecule has 0 aliphatic carbocycles. The van der Waals surface area contributed by atoms with Crippen molar-refractivity contribution in [1.29, 1.82) is 0 Å². The topological polar surface area (TPSA) is 68.3 Å². The number of nitrogens with one attached hydrogen (secondary N) is 1. The van der Waals surface area contributed by atoms with Gasteiger partial charge < -0.3 is 4.74 Å². The molecular formula is C10H15N2O3S. The predicted molar refractivity (Wildman–Crippen MR) is 60.5 cm³/mol. The van der Waals surface area contributed by atoms with E-state index in [2.05, 4.69) is 9.71 Å². The van der Waals surface area contributed by atoms with Crippen LogP contribution in [0.25, 0.3) is 0 Å². The van der Waals surface area contributed by atoms with E-state index in [1.807, 2.05) is 13.0 Å². The number of hydrogen-bond acceptors (Lipinski definition) is 4. The Morgan fingerprint density at radius 3 is 2.81 bits per heavy atom. The molecule has 89 valence electrons. The van der Waals surface area contributed by atoms with E-state index in [1.54, 1.807) is 18.5 Å². The molecular weight excluding hydrogens is 228 g/mol. The molecule has 1 radical (unpaired) electrons. The lowest BCUT2D eigenvalue weighted by molar-refractivity contribution is 0.115. The number of sulfonamides is 1. The van der Waals surface area contributed by atoms with Crippen LogP contribution in [-0.4, -0.2) is 19.7 Å². The first-order valence-electron chi connectivity index (χ1n) is 4.86. The van der Waals surface area contributed by atoms with Gasteiger partial charge in [0.1, 0.15) is 0 Å². The van der Waals surface area contributed by atoms with E-state index in [-0.39, 0.29) is 0 Å². The standard InChI is InChI=1S/C10H15N2O3S/c1-3-10(12-16(2,13)14)15-8-9-5-4-6-11-7-9/h4-7,12H,3,8H2,1-2H3. The van der Waals surface area contributed by atoms with Crippen LogP contribution in [0.3, 0.4) is 0 Å². The predicted octanol–water partition coefficient (Wildman–Crippen LogP) is 1.05. The molecule has 0 unspecified atom stereocenters. The van der Waals surface area contributed by atoms with Gasteiger partial charge in [0.2, 0.25) is 10.0 Å². The SMILES string of the molecule is CC[C](NS(C)(=O)=O)OCc1cccnc1. The van der Waals surface area contributed by atoms with Gasteiger partial charge in [-0.05, 0) is 18.1 Å². The van der Waals surface area contributed by atoms with Gasteiger partial charge in [-0.15, -0.1) is 0 Å². The van der Waals surface area contributed by atoms with E-state index < -0.39 is 10.0 Å². The van der Waals surface area contributed by atoms with E-state index in [9.17, 15) is 8.42 Å². The first-order chi connectivity index (χ1) is 7.51. The highest BCUT2D eigenvalue weighted by molar-refractivity contribution is 7.88. The summed E-state index contributed by atoms with van der Waals surface area (Å²) in [4.78, 5) is 3.94. The molecule has 0 fully saturated rings. The van der Waals surface area contributed by atoms with Gasteiger partial charge in [-0.2, -0.15) is 4.72 Å². The Balaban J connectivity index is 2.46. The van der Waals surface area contributed by atoms with Crippen LogP contribution in [0.1, 0.15) is 18.9 Å². The van der Waals surface area contributed by atoms with Crippen LogP contribution in [0.5, 0.6) is 0 Å². The number of aromatic nitrogens is 1. The van der Waals surface area contributed by atoms with Crippen LogP contribution in [0, 0.1) is 6.23 Å². The molecule has 0 aromatic carbocycles. The van der Waals surface area contributed by atoms with Crippen molar-refractivity contribution >= 4 is 10.0 Å². The molecule has 0 spiro atoms. The second-order valence-corrected chi connectivity index (χ2v) is 5.05. The second kappa shape index (κ2) is 5.93. The minimum absolute atomic E-state index is 0.305. The smallest absolute Gasteiger partial charge is 0.211 e. The third-order valence-corrected chi connectivity index (χ3v) is 2.35. The molecule has 1 aromatic heterocycles. The lowest BCUT2D eigenvalue weighted by atomic mass is 10.3. The average molecular weight is 243 g/mol. The van der Waals surface area contributed by atoms with Crippen molar-refractivity contribution in [1.82, 2.24) is 9.71 Å². The summed E-state index contributed by atoms with van der Waals surface area (Å²) in [7, 11) is -3.27. The normalized spacial score (nSPS) is 11.9. The van der Waals surface area contributed by atoms with Gasteiger partial charge in [-0.25, -0.2) is 8.42 Å². The fourth-order valence-corrected chi connectivity index (χ4v) is 1.68. The van der Waals surface area contributed by atoms with Crippen molar-refractivity contribution in [3.05, 3.63) is 36.3 Å². The Morgan fingerprint density at radius 1 is 1.56 bits per heavy atom. The molecule has 0 bridgehead atoms. The van der Waals surface area contributed by atoms with E-state index in [0.717, 1.165) is 11.8 Å². The highest BCUT2D eigenvalue weighted by Gasteiger charge is 2.13. The quantitative estimate of drug-likeness (QED) is 0.810. The monoisotopic (exact) mass is 243 g/mol. The largest absolute Gasteiger partial charge is 0.350 e. The fourth-order valence-electron chi connectivity index (χ4n) is 1.06. The molecule has 0 atom stereocenters. The van der Waals surface area contributed by atoms with Crippen molar-refractivity contribution in [2.75, 3.05) is 6.26 Å². The van der Waals surface area contributed by atoms with Crippen LogP contribution in [0.4, 0.5) is 0 Å². The molecule has 1 heterocycles. The molecule has 1 N–H and O–H groups in total. The summed E-state index contributed by atoms with van der Waals surface area (Å²) in [5.41, 5.74) is 0.892. The molecule has 1 rings (SSSR count). The maximum Gasteiger partial charge on any atom is 0.211 e. The number of rotatable bonds is 6. The fraction of sp³-hybridized carbons (Fsp3) is 0.400. The Hall–Kier alpha value is -0.980. The van der Waals surface area contributed by atoms with Crippen LogP contribution >= 0.6 is 0 Å². The van der Waals surface area contributed by atoms with Crippen molar-refractivity contribution < 1.29 is 13.2 Å². The lowest BCUT2D eigenvalue weighted by Gasteiger charge is -2.14. The number of ether oxygens (including phenoxy) is 1. The summed E-state index contributed by atoms with van der Waals surface area (Å²) in [6.45, 7) is 2.12. The Kier molecular flexibility index (Phi) is 4.85. The van der Waals surface area contributed by atoms with Gasteiger partial charge in [0.05, 0.1) is 12.9 Å². The zero-order valence-corrected chi connectivity index (χ0v) is 10.1. The maximum atomic E-state index is 11.0. The summed E-state index contributed by atoms with van der Waals surface area (Å²) in [5, 5.41) is 0. The number of nitrogens with zero attached hydrogens (tertiary/aromatic N) is 1. The molecule has 1 aromatic rings. The van der Waals surface area contributed by atoms with Crippen LogP contribution < -0.4 is 4.72 Å². The van der Waals surface area contributed by atoms with E-state index in [0.29, 0.717) is 19.3 Å². The minimum Gasteiger partial charge on any atom is -0.350 e. The molecule has 0 aliphatic heterocycles. The van der Waals surface area contributed by atoms with E-state index >= 15 is 0 Å². The van der Waals surface area contributed by atoms with Crippen LogP contribution in [0.2, 0.25) is 0 Å². The van der Waals surface area contributed by atoms with Crippen molar-refractivity contribution in [3.8, 4) is 0 Å². The van der Waals surface area contributed by atoms with Gasteiger partial charge in [0, 0.05) is 12.4 Å². The highest BCUT2D eigenvalue weighted by Crippen LogP contribution is 2.09. The zero-order valence-electron chi connectivity index (χ0n) is 9.30. The first kappa shape index (κ1) is 13.1. The molecule has 16 heavy (non-hydrogen) atoms.